The van der Waals surface area contributed by atoms with Crippen molar-refractivity contribution in [2.24, 2.45) is 0 Å². The molecule has 3 N–H and O–H groups in total. The van der Waals surface area contributed by atoms with Crippen LogP contribution in [0.3, 0.4) is 0 Å². The Balaban J connectivity index is 1.47. The smallest absolute Gasteiger partial charge is 0.248 e. The number of aromatic amines is 1. The van der Waals surface area contributed by atoms with Crippen LogP contribution in [-0.2, 0) is 6.54 Å². The second-order valence-electron chi connectivity index (χ2n) is 6.02. The van der Waals surface area contributed by atoms with E-state index < -0.39 is 6.10 Å². The number of fused-ring (bicyclic) bond motifs is 1. The normalized spacial score (nSPS) is 12.1. The summed E-state index contributed by atoms with van der Waals surface area (Å²) in [5, 5.41) is 14.2. The SMILES string of the molecule is COc1cccc(CNC[C@@H](O)COc2ccc3[nH]c(=O)ccc3c2)c1. The molecule has 6 nitrogen and oxygen atoms in total. The van der Waals surface area contributed by atoms with Gasteiger partial charge < -0.3 is 24.9 Å². The fraction of sp³-hybridized carbons (Fsp3) is 0.250. The van der Waals surface area contributed by atoms with Gasteiger partial charge in [-0.15, -0.1) is 0 Å². The number of nitrogens with one attached hydrogen (secondary N) is 2. The van der Waals surface area contributed by atoms with E-state index in [1.165, 1.54) is 6.07 Å². The molecule has 0 saturated heterocycles. The molecule has 0 saturated carbocycles. The van der Waals surface area contributed by atoms with Gasteiger partial charge in [0.2, 0.25) is 5.56 Å². The summed E-state index contributed by atoms with van der Waals surface area (Å²) in [5.41, 5.74) is 1.70. The predicted molar refractivity (Wildman–Crippen MR) is 101 cm³/mol. The second-order valence-corrected chi connectivity index (χ2v) is 6.02. The highest BCUT2D eigenvalue weighted by Crippen LogP contribution is 2.18. The van der Waals surface area contributed by atoms with Crippen LogP contribution in [0.2, 0.25) is 0 Å². The van der Waals surface area contributed by atoms with E-state index in [0.29, 0.717) is 18.8 Å². The number of aromatic nitrogens is 1. The molecule has 6 heteroatoms. The molecule has 0 aliphatic heterocycles. The van der Waals surface area contributed by atoms with Gasteiger partial charge in [0.1, 0.15) is 24.2 Å². The summed E-state index contributed by atoms with van der Waals surface area (Å²) in [6.07, 6.45) is -0.633. The minimum absolute atomic E-state index is 0.135. The molecule has 0 bridgehead atoms. The number of H-pyrrole nitrogens is 1. The number of hydrogen-bond acceptors (Lipinski definition) is 5. The van der Waals surface area contributed by atoms with Gasteiger partial charge in [0, 0.05) is 30.1 Å². The molecule has 26 heavy (non-hydrogen) atoms. The number of aliphatic hydroxyl groups excluding tert-OH is 1. The molecular formula is C20H22N2O4. The van der Waals surface area contributed by atoms with Gasteiger partial charge in [0.05, 0.1) is 7.11 Å². The van der Waals surface area contributed by atoms with Gasteiger partial charge in [-0.3, -0.25) is 4.79 Å². The fourth-order valence-electron chi connectivity index (χ4n) is 2.64. The minimum atomic E-state index is -0.633. The summed E-state index contributed by atoms with van der Waals surface area (Å²) in [4.78, 5) is 14.0. The summed E-state index contributed by atoms with van der Waals surface area (Å²) in [7, 11) is 1.64. The van der Waals surface area contributed by atoms with Crippen LogP contribution < -0.4 is 20.3 Å². The summed E-state index contributed by atoms with van der Waals surface area (Å²) in [5.74, 6) is 1.46. The van der Waals surface area contributed by atoms with Crippen molar-refractivity contribution in [3.05, 3.63) is 70.5 Å². The number of ether oxygens (including phenoxy) is 2. The van der Waals surface area contributed by atoms with Crippen molar-refractivity contribution in [2.45, 2.75) is 12.6 Å². The van der Waals surface area contributed by atoms with Gasteiger partial charge >= 0.3 is 0 Å². The number of methoxy groups -OCH3 is 1. The van der Waals surface area contributed by atoms with Gasteiger partial charge in [-0.2, -0.15) is 0 Å². The van der Waals surface area contributed by atoms with Crippen molar-refractivity contribution in [3.8, 4) is 11.5 Å². The van der Waals surface area contributed by atoms with Crippen LogP contribution in [0.4, 0.5) is 0 Å². The average Bonchev–Trinajstić information content (AvgIpc) is 2.66. The lowest BCUT2D eigenvalue weighted by Gasteiger charge is -2.14. The van der Waals surface area contributed by atoms with Crippen LogP contribution in [0.1, 0.15) is 5.56 Å². The number of benzene rings is 2. The number of hydrogen-bond donors (Lipinski definition) is 3. The maximum absolute atomic E-state index is 11.3. The Labute approximate surface area is 151 Å². The molecular weight excluding hydrogens is 332 g/mol. The number of aliphatic hydroxyl groups is 1. The maximum Gasteiger partial charge on any atom is 0.248 e. The van der Waals surface area contributed by atoms with Crippen LogP contribution >= 0.6 is 0 Å². The third-order valence-electron chi connectivity index (χ3n) is 3.98. The summed E-state index contributed by atoms with van der Waals surface area (Å²) >= 11 is 0. The highest BCUT2D eigenvalue weighted by atomic mass is 16.5. The van der Waals surface area contributed by atoms with Crippen LogP contribution in [-0.4, -0.2) is 36.5 Å². The zero-order valence-electron chi connectivity index (χ0n) is 14.6. The van der Waals surface area contributed by atoms with E-state index in [2.05, 4.69) is 10.3 Å². The molecule has 1 aromatic heterocycles. The van der Waals surface area contributed by atoms with Crippen LogP contribution in [0, 0.1) is 0 Å². The second kappa shape index (κ2) is 8.51. The summed E-state index contributed by atoms with van der Waals surface area (Å²) in [6.45, 7) is 1.23. The quantitative estimate of drug-likeness (QED) is 0.577. The Morgan fingerprint density at radius 1 is 1.12 bits per heavy atom. The highest BCUT2D eigenvalue weighted by molar-refractivity contribution is 5.79. The zero-order chi connectivity index (χ0) is 18.4. The van der Waals surface area contributed by atoms with Crippen molar-refractivity contribution in [1.82, 2.24) is 10.3 Å². The molecule has 0 radical (unpaired) electrons. The van der Waals surface area contributed by atoms with E-state index in [0.717, 1.165) is 22.2 Å². The van der Waals surface area contributed by atoms with Crippen molar-refractivity contribution in [1.29, 1.82) is 0 Å². The average molecular weight is 354 g/mol. The first kappa shape index (κ1) is 18.0. The molecule has 3 rings (SSSR count). The first-order valence-electron chi connectivity index (χ1n) is 8.41. The van der Waals surface area contributed by atoms with Gasteiger partial charge in [0.15, 0.2) is 0 Å². The van der Waals surface area contributed by atoms with Crippen molar-refractivity contribution < 1.29 is 14.6 Å². The Morgan fingerprint density at radius 3 is 2.85 bits per heavy atom. The summed E-state index contributed by atoms with van der Waals surface area (Å²) in [6, 6.07) is 16.4. The van der Waals surface area contributed by atoms with Gasteiger partial charge in [-0.05, 0) is 42.0 Å². The van der Waals surface area contributed by atoms with Crippen molar-refractivity contribution >= 4 is 10.9 Å². The van der Waals surface area contributed by atoms with Crippen LogP contribution in [0.25, 0.3) is 10.9 Å². The van der Waals surface area contributed by atoms with Crippen molar-refractivity contribution in [3.63, 3.8) is 0 Å². The highest BCUT2D eigenvalue weighted by Gasteiger charge is 2.06. The Morgan fingerprint density at radius 2 is 2.00 bits per heavy atom. The van der Waals surface area contributed by atoms with E-state index in [4.69, 9.17) is 9.47 Å². The lowest BCUT2D eigenvalue weighted by molar-refractivity contribution is 0.106. The lowest BCUT2D eigenvalue weighted by atomic mass is 10.2. The van der Waals surface area contributed by atoms with Crippen molar-refractivity contribution in [2.75, 3.05) is 20.3 Å². The maximum atomic E-state index is 11.3. The molecule has 136 valence electrons. The third-order valence-corrected chi connectivity index (χ3v) is 3.98. The zero-order valence-corrected chi connectivity index (χ0v) is 14.6. The van der Waals surface area contributed by atoms with Gasteiger partial charge in [-0.25, -0.2) is 0 Å². The largest absolute Gasteiger partial charge is 0.497 e. The first-order chi connectivity index (χ1) is 12.6. The molecule has 0 aliphatic rings. The molecule has 2 aromatic carbocycles. The third kappa shape index (κ3) is 4.84. The molecule has 0 spiro atoms. The number of rotatable bonds is 8. The van der Waals surface area contributed by atoms with E-state index in [-0.39, 0.29) is 12.2 Å². The van der Waals surface area contributed by atoms with Gasteiger partial charge in [0.25, 0.3) is 0 Å². The minimum Gasteiger partial charge on any atom is -0.497 e. The monoisotopic (exact) mass is 354 g/mol. The molecule has 0 aliphatic carbocycles. The topological polar surface area (TPSA) is 83.6 Å². The molecule has 1 heterocycles. The first-order valence-corrected chi connectivity index (χ1v) is 8.41. The van der Waals surface area contributed by atoms with E-state index in [9.17, 15) is 9.90 Å². The molecule has 0 amide bonds. The van der Waals surface area contributed by atoms with Gasteiger partial charge in [-0.1, -0.05) is 12.1 Å². The Kier molecular flexibility index (Phi) is 5.88. The Bertz CT molecular complexity index is 923. The van der Waals surface area contributed by atoms with E-state index >= 15 is 0 Å². The van der Waals surface area contributed by atoms with E-state index in [1.807, 2.05) is 30.3 Å². The molecule has 3 aromatic rings. The van der Waals surface area contributed by atoms with E-state index in [1.54, 1.807) is 25.3 Å². The molecule has 1 atom stereocenters. The van der Waals surface area contributed by atoms with Crippen LogP contribution in [0.5, 0.6) is 11.5 Å². The number of pyridine rings is 1. The molecule has 0 fully saturated rings. The fourth-order valence-corrected chi connectivity index (χ4v) is 2.64. The summed E-state index contributed by atoms with van der Waals surface area (Å²) < 4.78 is 10.8. The predicted octanol–water partition coefficient (Wildman–Crippen LogP) is 2.07. The Hall–Kier alpha value is -2.83. The molecule has 0 unspecified atom stereocenters. The van der Waals surface area contributed by atoms with Crippen LogP contribution in [0.15, 0.2) is 59.4 Å². The lowest BCUT2D eigenvalue weighted by Crippen LogP contribution is -2.31. The standard InChI is InChI=1S/C20H22N2O4/c1-25-17-4-2-3-14(9-17)11-21-12-16(23)13-26-18-6-7-19-15(10-18)5-8-20(24)22-19/h2-10,16,21,23H,11-13H2,1H3,(H,22,24)/t16-/m1/s1.